The highest BCUT2D eigenvalue weighted by Crippen LogP contribution is 2.51. The molecule has 254 valence electrons. The molecule has 0 aromatic heterocycles. The van der Waals surface area contributed by atoms with Crippen molar-refractivity contribution in [2.24, 2.45) is 40.7 Å². The predicted octanol–water partition coefficient (Wildman–Crippen LogP) is 2.50. The van der Waals surface area contributed by atoms with Crippen molar-refractivity contribution in [3.63, 3.8) is 0 Å². The molecule has 5 amide bonds. The Morgan fingerprint density at radius 1 is 0.933 bits per heavy atom. The number of hydrogen-bond acceptors (Lipinski definition) is 8. The second-order valence-electron chi connectivity index (χ2n) is 14.8. The van der Waals surface area contributed by atoms with Crippen LogP contribution in [0.1, 0.15) is 87.0 Å². The van der Waals surface area contributed by atoms with Gasteiger partial charge in [0, 0.05) is 19.0 Å². The molecule has 0 aromatic carbocycles. The third-order valence-corrected chi connectivity index (χ3v) is 9.09. The Morgan fingerprint density at radius 3 is 2.11 bits per heavy atom. The minimum atomic E-state index is -1.07. The molecule has 0 bridgehead atoms. The molecule has 45 heavy (non-hydrogen) atoms. The van der Waals surface area contributed by atoms with Crippen LogP contribution in [0.3, 0.4) is 0 Å². The van der Waals surface area contributed by atoms with Crippen LogP contribution in [0.2, 0.25) is 0 Å². The molecule has 1 heterocycles. The number of fused-ring (bicyclic) bond motifs is 1. The lowest BCUT2D eigenvalue weighted by molar-refractivity contribution is -0.140. The maximum absolute atomic E-state index is 14.0. The van der Waals surface area contributed by atoms with Gasteiger partial charge in [-0.3, -0.25) is 19.2 Å². The third-order valence-electron chi connectivity index (χ3n) is 9.09. The number of Topliss-reactive ketones (excluding diaryl/α,β-unsaturated/α-hetero) is 1. The van der Waals surface area contributed by atoms with E-state index < -0.39 is 53.3 Å². The van der Waals surface area contributed by atoms with Gasteiger partial charge in [-0.15, -0.1) is 0 Å². The van der Waals surface area contributed by atoms with Crippen LogP contribution in [0.4, 0.5) is 9.59 Å². The summed E-state index contributed by atoms with van der Waals surface area (Å²) in [7, 11) is 0. The first-order chi connectivity index (χ1) is 21.0. The maximum Gasteiger partial charge on any atom is 0.508 e. The second kappa shape index (κ2) is 15.3. The van der Waals surface area contributed by atoms with Crippen LogP contribution in [0, 0.1) is 35.0 Å². The van der Waals surface area contributed by atoms with Gasteiger partial charge in [-0.05, 0) is 47.8 Å². The van der Waals surface area contributed by atoms with Gasteiger partial charge >= 0.3 is 12.2 Å². The molecule has 6 atom stereocenters. The normalized spacial score (nSPS) is 22.9. The van der Waals surface area contributed by atoms with Crippen molar-refractivity contribution in [2.75, 3.05) is 19.8 Å². The van der Waals surface area contributed by atoms with Crippen LogP contribution in [-0.4, -0.2) is 84.5 Å². The van der Waals surface area contributed by atoms with Gasteiger partial charge < -0.3 is 36.1 Å². The molecular weight excluding hydrogens is 582 g/mol. The first-order valence-corrected chi connectivity index (χ1v) is 16.3. The average Bonchev–Trinajstić information content (AvgIpc) is 3.60. The Morgan fingerprint density at radius 2 is 1.58 bits per heavy atom. The molecule has 0 radical (unpaired) electrons. The fourth-order valence-corrected chi connectivity index (χ4v) is 5.99. The van der Waals surface area contributed by atoms with E-state index in [0.29, 0.717) is 13.0 Å². The van der Waals surface area contributed by atoms with E-state index in [0.717, 1.165) is 25.7 Å². The number of amides is 5. The summed E-state index contributed by atoms with van der Waals surface area (Å²) in [5.74, 6) is -1.81. The lowest BCUT2D eigenvalue weighted by atomic mass is 9.80. The maximum atomic E-state index is 14.0. The molecule has 3 aliphatic rings. The minimum Gasteiger partial charge on any atom is -0.434 e. The Hall–Kier alpha value is -3.38. The van der Waals surface area contributed by atoms with Gasteiger partial charge in [0.05, 0.1) is 18.7 Å². The molecule has 0 spiro atoms. The summed E-state index contributed by atoms with van der Waals surface area (Å²) in [5.41, 5.74) is 4.59. The van der Waals surface area contributed by atoms with Crippen molar-refractivity contribution in [1.82, 2.24) is 20.9 Å². The van der Waals surface area contributed by atoms with E-state index in [-0.39, 0.29) is 61.2 Å². The van der Waals surface area contributed by atoms with Crippen molar-refractivity contribution in [3.8, 4) is 0 Å². The summed E-state index contributed by atoms with van der Waals surface area (Å²) in [6.07, 6.45) is 3.39. The number of carbonyl (C=O) groups is 6. The number of carbonyl (C=O) groups excluding carboxylic acids is 6. The van der Waals surface area contributed by atoms with Crippen LogP contribution >= 0.6 is 0 Å². The second-order valence-corrected chi connectivity index (χ2v) is 14.8. The van der Waals surface area contributed by atoms with Gasteiger partial charge in [-0.25, -0.2) is 9.59 Å². The van der Waals surface area contributed by atoms with Gasteiger partial charge in [0.25, 0.3) is 5.91 Å². The first-order valence-electron chi connectivity index (χ1n) is 16.3. The van der Waals surface area contributed by atoms with Crippen molar-refractivity contribution >= 4 is 35.7 Å². The third kappa shape index (κ3) is 10.3. The summed E-state index contributed by atoms with van der Waals surface area (Å²) in [6, 6.07) is -3.38. The molecular formula is C32H53N5O8. The van der Waals surface area contributed by atoms with Crippen molar-refractivity contribution < 1.29 is 38.2 Å². The molecule has 13 heteroatoms. The number of ketones is 1. The smallest absolute Gasteiger partial charge is 0.434 e. The monoisotopic (exact) mass is 635 g/mol. The van der Waals surface area contributed by atoms with E-state index in [1.54, 1.807) is 4.90 Å². The van der Waals surface area contributed by atoms with Gasteiger partial charge in [0.1, 0.15) is 12.6 Å². The quantitative estimate of drug-likeness (QED) is 0.156. The van der Waals surface area contributed by atoms with Crippen LogP contribution in [-0.2, 0) is 28.7 Å². The number of piperidine rings is 1. The minimum absolute atomic E-state index is 0.0111. The van der Waals surface area contributed by atoms with E-state index in [9.17, 15) is 28.8 Å². The van der Waals surface area contributed by atoms with Crippen molar-refractivity contribution in [3.05, 3.63) is 0 Å². The van der Waals surface area contributed by atoms with Gasteiger partial charge in [0.2, 0.25) is 17.6 Å². The molecule has 13 nitrogen and oxygen atoms in total. The molecule has 5 N–H and O–H groups in total. The topological polar surface area (TPSA) is 186 Å². The van der Waals surface area contributed by atoms with E-state index in [4.69, 9.17) is 15.2 Å². The zero-order chi connectivity index (χ0) is 33.6. The number of likely N-dealkylation sites (tertiary alicyclic amines) is 1. The Balaban J connectivity index is 1.64. The highest BCUT2D eigenvalue weighted by atomic mass is 16.7. The molecule has 2 aliphatic carbocycles. The molecule has 3 unspecified atom stereocenters. The number of rotatable bonds is 15. The Bertz CT molecular complexity index is 1120. The summed E-state index contributed by atoms with van der Waals surface area (Å²) < 4.78 is 10.3. The average molecular weight is 636 g/mol. The number of nitrogens with two attached hydrogens (primary N) is 1. The SMILES string of the molecule is CC(C)COC(=O)OC[C@@H](NC(=O)NC(C(=O)N1C[C@@H]2C[C@@H]2C1CC(=O)NC(CC1CCC1)C(=O)C(N)=O)C(C)(C)C)C(C)C. The highest BCUT2D eigenvalue weighted by Gasteiger charge is 2.56. The van der Waals surface area contributed by atoms with Gasteiger partial charge in [-0.1, -0.05) is 67.7 Å². The zero-order valence-electron chi connectivity index (χ0n) is 27.9. The van der Waals surface area contributed by atoms with E-state index in [2.05, 4.69) is 16.0 Å². The Labute approximate surface area is 266 Å². The summed E-state index contributed by atoms with van der Waals surface area (Å²) in [5, 5.41) is 8.39. The largest absolute Gasteiger partial charge is 0.508 e. The lowest BCUT2D eigenvalue weighted by Gasteiger charge is -2.37. The van der Waals surface area contributed by atoms with Crippen molar-refractivity contribution in [2.45, 2.75) is 111 Å². The standard InChI is InChI=1S/C32H53N5O8/c1-17(2)15-44-31(43)45-16-23(18(3)4)35-30(42)36-27(32(5,6)7)29(41)37-14-20-12-21(20)24(37)13-25(38)34-22(26(39)28(33)40)11-19-9-8-10-19/h17-24,27H,8-16H2,1-7H3,(H2,33,40)(H,34,38)(H2,35,36,42)/t20-,21-,22?,23+,24?,27?/m0/s1. The summed E-state index contributed by atoms with van der Waals surface area (Å²) in [6.45, 7) is 13.7. The van der Waals surface area contributed by atoms with Crippen molar-refractivity contribution in [1.29, 1.82) is 0 Å². The van der Waals surface area contributed by atoms with E-state index >= 15 is 0 Å². The van der Waals surface area contributed by atoms with E-state index in [1.165, 1.54) is 0 Å². The number of nitrogens with one attached hydrogen (secondary N) is 3. The molecule has 3 fully saturated rings. The molecule has 2 saturated carbocycles. The summed E-state index contributed by atoms with van der Waals surface area (Å²) in [4.78, 5) is 78.1. The molecule has 3 rings (SSSR count). The fourth-order valence-electron chi connectivity index (χ4n) is 5.99. The number of nitrogens with zero attached hydrogens (tertiary/aromatic N) is 1. The number of primary amides is 1. The van der Waals surface area contributed by atoms with Gasteiger partial charge in [-0.2, -0.15) is 0 Å². The number of hydrogen-bond donors (Lipinski definition) is 4. The number of urea groups is 1. The van der Waals surface area contributed by atoms with Crippen LogP contribution < -0.4 is 21.7 Å². The molecule has 1 aliphatic heterocycles. The Kier molecular flexibility index (Phi) is 12.2. The first kappa shape index (κ1) is 36.1. The fraction of sp³-hybridized carbons (Fsp3) is 0.812. The van der Waals surface area contributed by atoms with Gasteiger partial charge in [0.15, 0.2) is 0 Å². The predicted molar refractivity (Wildman–Crippen MR) is 165 cm³/mol. The van der Waals surface area contributed by atoms with E-state index in [1.807, 2.05) is 48.5 Å². The highest BCUT2D eigenvalue weighted by molar-refractivity contribution is 6.37. The lowest BCUT2D eigenvalue weighted by Crippen LogP contribution is -2.60. The molecule has 1 saturated heterocycles. The molecule has 0 aromatic rings. The van der Waals surface area contributed by atoms with Crippen LogP contribution in [0.25, 0.3) is 0 Å². The van der Waals surface area contributed by atoms with Crippen LogP contribution in [0.5, 0.6) is 0 Å². The summed E-state index contributed by atoms with van der Waals surface area (Å²) >= 11 is 0. The van der Waals surface area contributed by atoms with Crippen LogP contribution in [0.15, 0.2) is 0 Å². The number of ether oxygens (including phenoxy) is 2. The zero-order valence-corrected chi connectivity index (χ0v) is 27.9.